The van der Waals surface area contributed by atoms with Gasteiger partial charge in [0.2, 0.25) is 5.79 Å². The van der Waals surface area contributed by atoms with Gasteiger partial charge in [-0.3, -0.25) is 4.79 Å². The zero-order valence-corrected chi connectivity index (χ0v) is 9.80. The minimum Gasteiger partial charge on any atom is -0.449 e. The molecule has 16 heavy (non-hydrogen) atoms. The van der Waals surface area contributed by atoms with E-state index in [1.54, 1.807) is 26.0 Å². The van der Waals surface area contributed by atoms with Crippen LogP contribution in [0.4, 0.5) is 0 Å². The van der Waals surface area contributed by atoms with Crippen molar-refractivity contribution in [3.63, 3.8) is 0 Å². The van der Waals surface area contributed by atoms with Crippen LogP contribution in [0.25, 0.3) is 0 Å². The van der Waals surface area contributed by atoms with Gasteiger partial charge in [-0.1, -0.05) is 11.6 Å². The fourth-order valence-electron chi connectivity index (χ4n) is 1.57. The molecule has 0 spiro atoms. The predicted molar refractivity (Wildman–Crippen MR) is 60.2 cm³/mol. The summed E-state index contributed by atoms with van der Waals surface area (Å²) in [6, 6.07) is 3.15. The van der Waals surface area contributed by atoms with E-state index in [4.69, 9.17) is 26.8 Å². The lowest BCUT2D eigenvalue weighted by Gasteiger charge is -2.16. The molecule has 0 bridgehead atoms. The molecule has 4 nitrogen and oxygen atoms in total. The van der Waals surface area contributed by atoms with Crippen LogP contribution in [0.1, 0.15) is 24.2 Å². The summed E-state index contributed by atoms with van der Waals surface area (Å²) in [5, 5.41) is 0.329. The topological polar surface area (TPSA) is 61.5 Å². The largest absolute Gasteiger partial charge is 0.449 e. The van der Waals surface area contributed by atoms with Crippen molar-refractivity contribution in [2.75, 3.05) is 6.54 Å². The monoisotopic (exact) mass is 241 g/mol. The molecule has 1 aliphatic rings. The van der Waals surface area contributed by atoms with Crippen LogP contribution in [-0.4, -0.2) is 18.1 Å². The Bertz CT molecular complexity index is 457. The molecule has 0 saturated carbocycles. The molecule has 0 saturated heterocycles. The Kier molecular flexibility index (Phi) is 2.56. The predicted octanol–water partition coefficient (Wildman–Crippen LogP) is 1.99. The Hall–Kier alpha value is -1.26. The maximum Gasteiger partial charge on any atom is 0.246 e. The molecule has 2 rings (SSSR count). The van der Waals surface area contributed by atoms with Crippen LogP contribution in [0.2, 0.25) is 5.02 Å². The van der Waals surface area contributed by atoms with Gasteiger partial charge in [0, 0.05) is 25.5 Å². The van der Waals surface area contributed by atoms with Gasteiger partial charge in [0.1, 0.15) is 0 Å². The van der Waals surface area contributed by atoms with E-state index in [9.17, 15) is 4.79 Å². The van der Waals surface area contributed by atoms with Crippen LogP contribution in [0, 0.1) is 0 Å². The van der Waals surface area contributed by atoms with Crippen LogP contribution >= 0.6 is 11.6 Å². The number of benzene rings is 1. The van der Waals surface area contributed by atoms with E-state index in [1.807, 2.05) is 0 Å². The van der Waals surface area contributed by atoms with Gasteiger partial charge in [-0.15, -0.1) is 0 Å². The summed E-state index contributed by atoms with van der Waals surface area (Å²) < 4.78 is 11.0. The van der Waals surface area contributed by atoms with E-state index < -0.39 is 5.79 Å². The van der Waals surface area contributed by atoms with Gasteiger partial charge >= 0.3 is 0 Å². The first kappa shape index (κ1) is 11.2. The summed E-state index contributed by atoms with van der Waals surface area (Å²) in [7, 11) is 0. The van der Waals surface area contributed by atoms with Crippen molar-refractivity contribution < 1.29 is 14.3 Å². The van der Waals surface area contributed by atoms with Gasteiger partial charge < -0.3 is 15.2 Å². The number of ketones is 1. The number of fused-ring (bicyclic) bond motifs is 1. The van der Waals surface area contributed by atoms with Crippen molar-refractivity contribution in [2.24, 2.45) is 5.73 Å². The zero-order chi connectivity index (χ0) is 11.9. The van der Waals surface area contributed by atoms with E-state index in [0.29, 0.717) is 22.1 Å². The molecule has 0 atom stereocenters. The molecule has 0 fully saturated rings. The number of hydrogen-bond acceptors (Lipinski definition) is 4. The summed E-state index contributed by atoms with van der Waals surface area (Å²) in [6.45, 7) is 3.49. The number of nitrogens with two attached hydrogens (primary N) is 1. The van der Waals surface area contributed by atoms with Gasteiger partial charge in [0.15, 0.2) is 17.3 Å². The number of halogens is 1. The van der Waals surface area contributed by atoms with Crippen molar-refractivity contribution in [3.8, 4) is 11.5 Å². The van der Waals surface area contributed by atoms with Crippen LogP contribution in [-0.2, 0) is 0 Å². The van der Waals surface area contributed by atoms with Gasteiger partial charge in [-0.25, -0.2) is 0 Å². The van der Waals surface area contributed by atoms with Crippen molar-refractivity contribution in [1.82, 2.24) is 0 Å². The fraction of sp³-hybridized carbons (Fsp3) is 0.364. The smallest absolute Gasteiger partial charge is 0.246 e. The van der Waals surface area contributed by atoms with Crippen LogP contribution in [0.3, 0.4) is 0 Å². The Labute approximate surface area is 98.3 Å². The standard InChI is InChI=1S/C11H12ClNO3/c1-11(2)15-9-3-6(8(14)5-13)7(12)4-10(9)16-11/h3-4H,5,13H2,1-2H3. The lowest BCUT2D eigenvalue weighted by molar-refractivity contribution is -0.0431. The molecule has 0 unspecified atom stereocenters. The lowest BCUT2D eigenvalue weighted by atomic mass is 10.1. The molecule has 1 aromatic carbocycles. The molecule has 2 N–H and O–H groups in total. The minimum atomic E-state index is -0.726. The van der Waals surface area contributed by atoms with E-state index in [-0.39, 0.29) is 12.3 Å². The third-order valence-electron chi connectivity index (χ3n) is 2.23. The molecule has 86 valence electrons. The number of carbonyl (C=O) groups excluding carboxylic acids is 1. The molecule has 0 aromatic heterocycles. The van der Waals surface area contributed by atoms with Crippen LogP contribution in [0.5, 0.6) is 11.5 Å². The normalized spacial score (nSPS) is 16.2. The number of Topliss-reactive ketones (excluding diaryl/α,β-unsaturated/α-hetero) is 1. The van der Waals surface area contributed by atoms with Crippen molar-refractivity contribution in [1.29, 1.82) is 0 Å². The highest BCUT2D eigenvalue weighted by Crippen LogP contribution is 2.42. The van der Waals surface area contributed by atoms with Crippen molar-refractivity contribution >= 4 is 17.4 Å². The summed E-state index contributed by atoms with van der Waals surface area (Å²) >= 11 is 5.96. The lowest BCUT2D eigenvalue weighted by Crippen LogP contribution is -2.29. The van der Waals surface area contributed by atoms with Gasteiger partial charge in [0.05, 0.1) is 11.6 Å². The minimum absolute atomic E-state index is 0.0806. The second-order valence-electron chi connectivity index (χ2n) is 4.01. The van der Waals surface area contributed by atoms with E-state index in [1.165, 1.54) is 0 Å². The first-order valence-corrected chi connectivity index (χ1v) is 5.25. The Balaban J connectivity index is 2.45. The second-order valence-corrected chi connectivity index (χ2v) is 4.42. The molecule has 0 radical (unpaired) electrons. The number of rotatable bonds is 2. The highest BCUT2D eigenvalue weighted by Gasteiger charge is 2.32. The summed E-state index contributed by atoms with van der Waals surface area (Å²) in [6.07, 6.45) is 0. The molecule has 1 aromatic rings. The second kappa shape index (κ2) is 3.64. The molecule has 0 aliphatic carbocycles. The highest BCUT2D eigenvalue weighted by atomic mass is 35.5. The SMILES string of the molecule is CC1(C)Oc2cc(Cl)c(C(=O)CN)cc2O1. The first-order valence-electron chi connectivity index (χ1n) is 4.88. The zero-order valence-electron chi connectivity index (χ0n) is 9.04. The quantitative estimate of drug-likeness (QED) is 0.805. The Morgan fingerprint density at radius 2 is 1.94 bits per heavy atom. The molecule has 0 amide bonds. The first-order chi connectivity index (χ1) is 7.43. The fourth-order valence-corrected chi connectivity index (χ4v) is 1.83. The molecule has 5 heteroatoms. The van der Waals surface area contributed by atoms with Gasteiger partial charge in [0.25, 0.3) is 0 Å². The van der Waals surface area contributed by atoms with Gasteiger partial charge in [-0.05, 0) is 6.07 Å². The van der Waals surface area contributed by atoms with E-state index >= 15 is 0 Å². The maximum absolute atomic E-state index is 11.5. The molecular formula is C11H12ClNO3. The third kappa shape index (κ3) is 1.86. The average molecular weight is 242 g/mol. The number of ether oxygens (including phenoxy) is 2. The Morgan fingerprint density at radius 1 is 1.38 bits per heavy atom. The Morgan fingerprint density at radius 3 is 2.50 bits per heavy atom. The maximum atomic E-state index is 11.5. The van der Waals surface area contributed by atoms with Crippen LogP contribution in [0.15, 0.2) is 12.1 Å². The third-order valence-corrected chi connectivity index (χ3v) is 2.54. The van der Waals surface area contributed by atoms with E-state index in [0.717, 1.165) is 0 Å². The van der Waals surface area contributed by atoms with Crippen molar-refractivity contribution in [3.05, 3.63) is 22.7 Å². The van der Waals surface area contributed by atoms with Gasteiger partial charge in [-0.2, -0.15) is 0 Å². The molecule has 1 heterocycles. The summed E-state index contributed by atoms with van der Waals surface area (Å²) in [5.41, 5.74) is 5.66. The number of carbonyl (C=O) groups is 1. The summed E-state index contributed by atoms with van der Waals surface area (Å²) in [5.74, 6) is 0.117. The molecule has 1 aliphatic heterocycles. The van der Waals surface area contributed by atoms with Crippen molar-refractivity contribution in [2.45, 2.75) is 19.6 Å². The van der Waals surface area contributed by atoms with Crippen LogP contribution < -0.4 is 15.2 Å². The highest BCUT2D eigenvalue weighted by molar-refractivity contribution is 6.34. The van der Waals surface area contributed by atoms with E-state index in [2.05, 4.69) is 0 Å². The molecular weight excluding hydrogens is 230 g/mol. The number of hydrogen-bond donors (Lipinski definition) is 1. The summed E-state index contributed by atoms with van der Waals surface area (Å²) in [4.78, 5) is 11.5. The average Bonchev–Trinajstić information content (AvgIpc) is 2.48.